The first-order chi connectivity index (χ1) is 13.8. The summed E-state index contributed by atoms with van der Waals surface area (Å²) < 4.78 is 1.94. The Hall–Kier alpha value is -3.86. The third-order valence-corrected chi connectivity index (χ3v) is 4.96. The Morgan fingerprint density at radius 3 is 2.61 bits per heavy atom. The average Bonchev–Trinajstić information content (AvgIpc) is 3.40. The Balaban J connectivity index is 1.32. The van der Waals surface area contributed by atoms with Gasteiger partial charge in [-0.25, -0.2) is 4.98 Å². The van der Waals surface area contributed by atoms with Gasteiger partial charge in [0.2, 0.25) is 0 Å². The Morgan fingerprint density at radius 1 is 0.964 bits per heavy atom. The highest BCUT2D eigenvalue weighted by molar-refractivity contribution is 6.09. The maximum atomic E-state index is 12.6. The monoisotopic (exact) mass is 366 g/mol. The van der Waals surface area contributed by atoms with E-state index in [0.29, 0.717) is 12.1 Å². The number of carbonyl (C=O) groups is 1. The summed E-state index contributed by atoms with van der Waals surface area (Å²) in [4.78, 5) is 20.0. The third kappa shape index (κ3) is 2.93. The predicted octanol–water partition coefficient (Wildman–Crippen LogP) is 4.44. The number of fused-ring (bicyclic) bond motifs is 3. The molecule has 5 aromatic rings. The number of para-hydroxylation sites is 1. The molecule has 0 aliphatic rings. The number of aromatic nitrogens is 3. The van der Waals surface area contributed by atoms with Gasteiger partial charge < -0.3 is 14.9 Å². The molecule has 0 fully saturated rings. The van der Waals surface area contributed by atoms with Gasteiger partial charge in [0, 0.05) is 52.0 Å². The lowest BCUT2D eigenvalue weighted by atomic mass is 10.1. The van der Waals surface area contributed by atoms with Crippen molar-refractivity contribution in [1.82, 2.24) is 19.9 Å². The van der Waals surface area contributed by atoms with Crippen molar-refractivity contribution in [1.29, 1.82) is 0 Å². The van der Waals surface area contributed by atoms with Crippen molar-refractivity contribution in [3.8, 4) is 5.69 Å². The van der Waals surface area contributed by atoms with Crippen LogP contribution in [-0.4, -0.2) is 20.4 Å². The van der Waals surface area contributed by atoms with Crippen molar-refractivity contribution in [2.45, 2.75) is 6.54 Å². The van der Waals surface area contributed by atoms with E-state index >= 15 is 0 Å². The smallest absolute Gasteiger partial charge is 0.251 e. The fourth-order valence-corrected chi connectivity index (χ4v) is 3.48. The molecule has 2 aromatic heterocycles. The molecule has 0 spiro atoms. The number of imidazole rings is 1. The highest BCUT2D eigenvalue weighted by atomic mass is 16.1. The molecular weight excluding hydrogens is 348 g/mol. The highest BCUT2D eigenvalue weighted by Crippen LogP contribution is 2.25. The molecule has 0 atom stereocenters. The predicted molar refractivity (Wildman–Crippen MR) is 111 cm³/mol. The summed E-state index contributed by atoms with van der Waals surface area (Å²) in [5.74, 6) is -0.0840. The zero-order chi connectivity index (χ0) is 18.9. The van der Waals surface area contributed by atoms with E-state index in [1.807, 2.05) is 71.4 Å². The van der Waals surface area contributed by atoms with Gasteiger partial charge in [0.15, 0.2) is 0 Å². The number of rotatable bonds is 4. The highest BCUT2D eigenvalue weighted by Gasteiger charge is 2.09. The summed E-state index contributed by atoms with van der Waals surface area (Å²) in [6, 6.07) is 22.0. The lowest BCUT2D eigenvalue weighted by Gasteiger charge is -2.07. The van der Waals surface area contributed by atoms with Gasteiger partial charge in [0.25, 0.3) is 5.91 Å². The Labute approximate surface area is 161 Å². The molecular formula is C23H18N4O. The maximum absolute atomic E-state index is 12.6. The number of hydrogen-bond acceptors (Lipinski definition) is 2. The van der Waals surface area contributed by atoms with E-state index in [4.69, 9.17) is 0 Å². The molecule has 0 radical (unpaired) electrons. The lowest BCUT2D eigenvalue weighted by molar-refractivity contribution is 0.0951. The Morgan fingerprint density at radius 2 is 1.79 bits per heavy atom. The van der Waals surface area contributed by atoms with Crippen LogP contribution in [0, 0.1) is 0 Å². The van der Waals surface area contributed by atoms with Gasteiger partial charge in [-0.3, -0.25) is 4.79 Å². The van der Waals surface area contributed by atoms with Crippen molar-refractivity contribution in [2.75, 3.05) is 0 Å². The number of benzene rings is 3. The van der Waals surface area contributed by atoms with Gasteiger partial charge in [0.05, 0.1) is 6.33 Å². The minimum atomic E-state index is -0.0840. The third-order valence-electron chi connectivity index (χ3n) is 4.96. The van der Waals surface area contributed by atoms with E-state index in [2.05, 4.69) is 21.4 Å². The molecule has 5 rings (SSSR count). The van der Waals surface area contributed by atoms with Crippen molar-refractivity contribution in [2.24, 2.45) is 0 Å². The summed E-state index contributed by atoms with van der Waals surface area (Å²) >= 11 is 0. The van der Waals surface area contributed by atoms with Crippen molar-refractivity contribution in [3.63, 3.8) is 0 Å². The first kappa shape index (κ1) is 16.3. The second-order valence-electron chi connectivity index (χ2n) is 6.75. The van der Waals surface area contributed by atoms with E-state index in [9.17, 15) is 4.79 Å². The molecule has 5 nitrogen and oxygen atoms in total. The molecule has 3 aromatic carbocycles. The summed E-state index contributed by atoms with van der Waals surface area (Å²) in [7, 11) is 0. The van der Waals surface area contributed by atoms with Gasteiger partial charge in [-0.15, -0.1) is 0 Å². The van der Waals surface area contributed by atoms with Gasteiger partial charge in [-0.05, 0) is 35.9 Å². The van der Waals surface area contributed by atoms with Gasteiger partial charge in [0.1, 0.15) is 0 Å². The SMILES string of the molecule is O=C(NCc1ccc(-n2ccnc2)cc1)c1ccc2c(c1)[nH]c1ccccc12. The number of nitrogens with one attached hydrogen (secondary N) is 2. The first-order valence-corrected chi connectivity index (χ1v) is 9.14. The molecule has 0 saturated heterocycles. The molecule has 5 heteroatoms. The molecule has 0 bridgehead atoms. The fraction of sp³-hybridized carbons (Fsp3) is 0.0435. The molecule has 0 aliphatic heterocycles. The summed E-state index contributed by atoms with van der Waals surface area (Å²) in [6.07, 6.45) is 5.41. The minimum absolute atomic E-state index is 0.0840. The normalized spacial score (nSPS) is 11.1. The van der Waals surface area contributed by atoms with E-state index in [0.717, 1.165) is 27.7 Å². The topological polar surface area (TPSA) is 62.7 Å². The van der Waals surface area contributed by atoms with Crippen LogP contribution in [0.15, 0.2) is 85.5 Å². The van der Waals surface area contributed by atoms with Crippen molar-refractivity contribution < 1.29 is 4.79 Å². The molecule has 28 heavy (non-hydrogen) atoms. The maximum Gasteiger partial charge on any atom is 0.251 e. The molecule has 136 valence electrons. The zero-order valence-corrected chi connectivity index (χ0v) is 15.1. The molecule has 2 heterocycles. The van der Waals surface area contributed by atoms with Crippen LogP contribution in [0.2, 0.25) is 0 Å². The first-order valence-electron chi connectivity index (χ1n) is 9.14. The van der Waals surface area contributed by atoms with Gasteiger partial charge >= 0.3 is 0 Å². The number of nitrogens with zero attached hydrogens (tertiary/aromatic N) is 2. The van der Waals surface area contributed by atoms with Crippen LogP contribution in [-0.2, 0) is 6.54 Å². The second-order valence-corrected chi connectivity index (χ2v) is 6.75. The van der Waals surface area contributed by atoms with E-state index in [-0.39, 0.29) is 5.91 Å². The fourth-order valence-electron chi connectivity index (χ4n) is 3.48. The molecule has 0 unspecified atom stereocenters. The molecule has 1 amide bonds. The number of carbonyl (C=O) groups excluding carboxylic acids is 1. The van der Waals surface area contributed by atoms with Crippen LogP contribution >= 0.6 is 0 Å². The second kappa shape index (κ2) is 6.70. The van der Waals surface area contributed by atoms with Gasteiger partial charge in [-0.2, -0.15) is 0 Å². The van der Waals surface area contributed by atoms with Crippen LogP contribution in [0.5, 0.6) is 0 Å². The van der Waals surface area contributed by atoms with Crippen LogP contribution in [0.4, 0.5) is 0 Å². The van der Waals surface area contributed by atoms with E-state index in [1.165, 1.54) is 5.39 Å². The molecule has 2 N–H and O–H groups in total. The average molecular weight is 366 g/mol. The Bertz CT molecular complexity index is 1270. The lowest BCUT2D eigenvalue weighted by Crippen LogP contribution is -2.22. The standard InChI is InChI=1S/C23H18N4O/c28-23(25-14-16-5-8-18(9-6-16)27-12-11-24-15-27)17-7-10-20-19-3-1-2-4-21(19)26-22(20)13-17/h1-13,15,26H,14H2,(H,25,28). The minimum Gasteiger partial charge on any atom is -0.354 e. The van der Waals surface area contributed by atoms with E-state index < -0.39 is 0 Å². The number of amides is 1. The van der Waals surface area contributed by atoms with Crippen molar-refractivity contribution in [3.05, 3.63) is 96.6 Å². The summed E-state index contributed by atoms with van der Waals surface area (Å²) in [5.41, 5.74) is 4.78. The summed E-state index contributed by atoms with van der Waals surface area (Å²) in [5, 5.41) is 5.29. The quantitative estimate of drug-likeness (QED) is 0.494. The van der Waals surface area contributed by atoms with Crippen LogP contribution in [0.1, 0.15) is 15.9 Å². The van der Waals surface area contributed by atoms with Crippen LogP contribution in [0.25, 0.3) is 27.5 Å². The zero-order valence-electron chi connectivity index (χ0n) is 15.1. The largest absolute Gasteiger partial charge is 0.354 e. The van der Waals surface area contributed by atoms with Gasteiger partial charge in [-0.1, -0.05) is 36.4 Å². The number of hydrogen-bond donors (Lipinski definition) is 2. The number of H-pyrrole nitrogens is 1. The molecule has 0 saturated carbocycles. The van der Waals surface area contributed by atoms with E-state index in [1.54, 1.807) is 12.5 Å². The Kier molecular flexibility index (Phi) is 3.91. The van der Waals surface area contributed by atoms with Crippen molar-refractivity contribution >= 4 is 27.7 Å². The van der Waals surface area contributed by atoms with Crippen LogP contribution in [0.3, 0.4) is 0 Å². The van der Waals surface area contributed by atoms with Crippen LogP contribution < -0.4 is 5.32 Å². The number of aromatic amines is 1. The summed E-state index contributed by atoms with van der Waals surface area (Å²) in [6.45, 7) is 0.480. The molecule has 0 aliphatic carbocycles.